The number of carbonyl (C=O) groups excluding carboxylic acids is 1. The zero-order valence-electron chi connectivity index (χ0n) is 13.5. The second-order valence-electron chi connectivity index (χ2n) is 6.27. The normalized spacial score (nSPS) is 21.3. The second kappa shape index (κ2) is 6.67. The van der Waals surface area contributed by atoms with E-state index in [1.54, 1.807) is 0 Å². The summed E-state index contributed by atoms with van der Waals surface area (Å²) < 4.78 is 5.58. The quantitative estimate of drug-likeness (QED) is 0.846. The van der Waals surface area contributed by atoms with E-state index in [1.165, 1.54) is 0 Å². The van der Waals surface area contributed by atoms with Gasteiger partial charge in [0.15, 0.2) is 0 Å². The van der Waals surface area contributed by atoms with Gasteiger partial charge in [-0.05, 0) is 39.1 Å². The number of fused-ring (bicyclic) bond motifs is 1. The van der Waals surface area contributed by atoms with Crippen LogP contribution in [0.2, 0.25) is 0 Å². The molecule has 1 aromatic rings. The first-order valence-corrected chi connectivity index (χ1v) is 8.08. The molecule has 0 spiro atoms. The van der Waals surface area contributed by atoms with Gasteiger partial charge in [-0.15, -0.1) is 0 Å². The molecule has 0 aliphatic carbocycles. The van der Waals surface area contributed by atoms with Crippen molar-refractivity contribution in [2.75, 3.05) is 56.7 Å². The van der Waals surface area contributed by atoms with Gasteiger partial charge in [-0.25, -0.2) is 0 Å². The van der Waals surface area contributed by atoms with Crippen molar-refractivity contribution < 1.29 is 9.53 Å². The van der Waals surface area contributed by atoms with Crippen LogP contribution in [0, 0.1) is 0 Å². The molecule has 1 unspecified atom stereocenters. The van der Waals surface area contributed by atoms with Crippen molar-refractivity contribution >= 4 is 17.3 Å². The van der Waals surface area contributed by atoms with Gasteiger partial charge < -0.3 is 19.4 Å². The van der Waals surface area contributed by atoms with Gasteiger partial charge in [0, 0.05) is 32.8 Å². The van der Waals surface area contributed by atoms with Gasteiger partial charge in [0.1, 0.15) is 6.10 Å². The summed E-state index contributed by atoms with van der Waals surface area (Å²) in [7, 11) is 4.17. The van der Waals surface area contributed by atoms with Gasteiger partial charge in [-0.3, -0.25) is 4.79 Å². The maximum Gasteiger partial charge on any atom is 0.256 e. The van der Waals surface area contributed by atoms with Gasteiger partial charge in [0.25, 0.3) is 5.91 Å². The van der Waals surface area contributed by atoms with E-state index in [1.807, 2.05) is 23.1 Å². The Bertz CT molecular complexity index is 526. The second-order valence-corrected chi connectivity index (χ2v) is 6.27. The average molecular weight is 303 g/mol. The molecule has 1 saturated heterocycles. The summed E-state index contributed by atoms with van der Waals surface area (Å²) in [5.74, 6) is 0.122. The first-order valence-electron chi connectivity index (χ1n) is 8.08. The summed E-state index contributed by atoms with van der Waals surface area (Å²) in [6.45, 7) is 4.31. The fourth-order valence-corrected chi connectivity index (χ4v) is 3.15. The Morgan fingerprint density at radius 1 is 1.27 bits per heavy atom. The molecule has 5 nitrogen and oxygen atoms in total. The van der Waals surface area contributed by atoms with E-state index >= 15 is 0 Å². The first-order chi connectivity index (χ1) is 10.7. The average Bonchev–Trinajstić information content (AvgIpc) is 3.06. The third-order valence-electron chi connectivity index (χ3n) is 4.40. The number of hydrogen-bond acceptors (Lipinski definition) is 4. The number of para-hydroxylation sites is 2. The van der Waals surface area contributed by atoms with Crippen molar-refractivity contribution in [2.24, 2.45) is 0 Å². The van der Waals surface area contributed by atoms with E-state index < -0.39 is 0 Å². The van der Waals surface area contributed by atoms with Gasteiger partial charge in [0.05, 0.1) is 11.4 Å². The van der Waals surface area contributed by atoms with Crippen molar-refractivity contribution in [1.29, 1.82) is 0 Å². The summed E-state index contributed by atoms with van der Waals surface area (Å²) in [5.41, 5.74) is 2.18. The largest absolute Gasteiger partial charge is 0.368 e. The Morgan fingerprint density at radius 3 is 2.73 bits per heavy atom. The van der Waals surface area contributed by atoms with Crippen LogP contribution in [-0.4, -0.2) is 63.8 Å². The van der Waals surface area contributed by atoms with Crippen LogP contribution in [-0.2, 0) is 9.53 Å². The molecule has 22 heavy (non-hydrogen) atoms. The number of carbonyl (C=O) groups is 1. The number of ether oxygens (including phenoxy) is 1. The molecule has 1 amide bonds. The van der Waals surface area contributed by atoms with Crippen LogP contribution in [0.4, 0.5) is 11.4 Å². The standard InChI is InChI=1S/C17H25N3O2/c1-18(2)9-10-19-11-12-20(15-7-4-3-6-14(15)19)17(21)16-8-5-13-22-16/h3-4,6-7,16H,5,8-13H2,1-2H3. The number of anilines is 2. The van der Waals surface area contributed by atoms with E-state index in [0.29, 0.717) is 6.61 Å². The number of amides is 1. The number of benzene rings is 1. The van der Waals surface area contributed by atoms with Gasteiger partial charge >= 0.3 is 0 Å². The van der Waals surface area contributed by atoms with Crippen LogP contribution < -0.4 is 9.80 Å². The lowest BCUT2D eigenvalue weighted by molar-refractivity contribution is -0.127. The Kier molecular flexibility index (Phi) is 4.64. The van der Waals surface area contributed by atoms with Crippen LogP contribution in [0.1, 0.15) is 12.8 Å². The van der Waals surface area contributed by atoms with E-state index in [0.717, 1.165) is 50.4 Å². The first kappa shape index (κ1) is 15.3. The predicted octanol–water partition coefficient (Wildman–Crippen LogP) is 1.58. The number of likely N-dealkylation sites (N-methyl/N-ethyl adjacent to an activating group) is 1. The summed E-state index contributed by atoms with van der Waals surface area (Å²) in [5, 5.41) is 0. The Morgan fingerprint density at radius 2 is 2.05 bits per heavy atom. The smallest absolute Gasteiger partial charge is 0.256 e. The zero-order valence-corrected chi connectivity index (χ0v) is 13.5. The lowest BCUT2D eigenvalue weighted by Gasteiger charge is -2.39. The minimum absolute atomic E-state index is 0.122. The lowest BCUT2D eigenvalue weighted by atomic mass is 10.1. The maximum absolute atomic E-state index is 12.7. The molecular weight excluding hydrogens is 278 g/mol. The van der Waals surface area contributed by atoms with Crippen LogP contribution in [0.3, 0.4) is 0 Å². The number of hydrogen-bond donors (Lipinski definition) is 0. The molecule has 0 N–H and O–H groups in total. The van der Waals surface area contributed by atoms with Crippen molar-refractivity contribution in [3.05, 3.63) is 24.3 Å². The third kappa shape index (κ3) is 3.10. The molecule has 120 valence electrons. The van der Waals surface area contributed by atoms with Crippen LogP contribution in [0.5, 0.6) is 0 Å². The highest BCUT2D eigenvalue weighted by Gasteiger charge is 2.33. The lowest BCUT2D eigenvalue weighted by Crippen LogP contribution is -2.48. The Balaban J connectivity index is 1.79. The molecule has 0 bridgehead atoms. The van der Waals surface area contributed by atoms with Crippen molar-refractivity contribution in [3.8, 4) is 0 Å². The molecule has 0 saturated carbocycles. The van der Waals surface area contributed by atoms with E-state index in [4.69, 9.17) is 4.74 Å². The minimum atomic E-state index is -0.249. The van der Waals surface area contributed by atoms with E-state index in [2.05, 4.69) is 30.0 Å². The summed E-state index contributed by atoms with van der Waals surface area (Å²) >= 11 is 0. The van der Waals surface area contributed by atoms with Gasteiger partial charge in [0.2, 0.25) is 0 Å². The molecule has 2 aliphatic rings. The van der Waals surface area contributed by atoms with Crippen LogP contribution in [0.25, 0.3) is 0 Å². The maximum atomic E-state index is 12.7. The molecule has 5 heteroatoms. The van der Waals surface area contributed by atoms with Crippen LogP contribution in [0.15, 0.2) is 24.3 Å². The predicted molar refractivity (Wildman–Crippen MR) is 88.5 cm³/mol. The summed E-state index contributed by atoms with van der Waals surface area (Å²) in [6.07, 6.45) is 1.59. The van der Waals surface area contributed by atoms with Gasteiger partial charge in [-0.2, -0.15) is 0 Å². The van der Waals surface area contributed by atoms with E-state index in [-0.39, 0.29) is 12.0 Å². The van der Waals surface area contributed by atoms with Crippen molar-refractivity contribution in [1.82, 2.24) is 4.90 Å². The van der Waals surface area contributed by atoms with Crippen molar-refractivity contribution in [3.63, 3.8) is 0 Å². The molecule has 1 aromatic carbocycles. The zero-order chi connectivity index (χ0) is 15.5. The van der Waals surface area contributed by atoms with Crippen LogP contribution >= 0.6 is 0 Å². The molecule has 3 rings (SSSR count). The highest BCUT2D eigenvalue weighted by molar-refractivity contribution is 6.00. The number of nitrogens with zero attached hydrogens (tertiary/aromatic N) is 3. The SMILES string of the molecule is CN(C)CCN1CCN(C(=O)C2CCCO2)c2ccccc21. The molecule has 2 aliphatic heterocycles. The van der Waals surface area contributed by atoms with Gasteiger partial charge in [-0.1, -0.05) is 12.1 Å². The Hall–Kier alpha value is -1.59. The molecule has 0 aromatic heterocycles. The molecule has 2 heterocycles. The third-order valence-corrected chi connectivity index (χ3v) is 4.40. The summed E-state index contributed by atoms with van der Waals surface area (Å²) in [6, 6.07) is 8.20. The number of rotatable bonds is 4. The molecule has 1 fully saturated rings. The topological polar surface area (TPSA) is 36.0 Å². The molecule has 0 radical (unpaired) electrons. The van der Waals surface area contributed by atoms with Crippen molar-refractivity contribution in [2.45, 2.75) is 18.9 Å². The highest BCUT2D eigenvalue weighted by Crippen LogP contribution is 2.33. The minimum Gasteiger partial charge on any atom is -0.368 e. The molecular formula is C17H25N3O2. The summed E-state index contributed by atoms with van der Waals surface area (Å²) in [4.78, 5) is 19.2. The van der Waals surface area contributed by atoms with E-state index in [9.17, 15) is 4.79 Å². The molecule has 1 atom stereocenters. The highest BCUT2D eigenvalue weighted by atomic mass is 16.5. The fourth-order valence-electron chi connectivity index (χ4n) is 3.15. The Labute approximate surface area is 132 Å². The monoisotopic (exact) mass is 303 g/mol. The fraction of sp³-hybridized carbons (Fsp3) is 0.588.